The van der Waals surface area contributed by atoms with Crippen molar-refractivity contribution in [3.63, 3.8) is 0 Å². The van der Waals surface area contributed by atoms with Crippen LogP contribution in [0.15, 0.2) is 29.2 Å². The maximum atomic E-state index is 11.9. The number of benzene rings is 1. The minimum absolute atomic E-state index is 0.132. The summed E-state index contributed by atoms with van der Waals surface area (Å²) in [6.07, 6.45) is 2.81. The third-order valence-electron chi connectivity index (χ3n) is 3.35. The molecule has 0 unspecified atom stereocenters. The summed E-state index contributed by atoms with van der Waals surface area (Å²) in [4.78, 5) is 13.9. The summed E-state index contributed by atoms with van der Waals surface area (Å²) >= 11 is 0. The quantitative estimate of drug-likeness (QED) is 0.873. The van der Waals surface area contributed by atoms with E-state index in [0.717, 1.165) is 32.4 Å². The first kappa shape index (κ1) is 15.8. The topological polar surface area (TPSA) is 78.5 Å². The molecule has 0 spiro atoms. The average molecular weight is 311 g/mol. The molecule has 0 aliphatic carbocycles. The van der Waals surface area contributed by atoms with Crippen LogP contribution in [-0.2, 0) is 10.0 Å². The van der Waals surface area contributed by atoms with Crippen molar-refractivity contribution in [2.45, 2.75) is 31.1 Å². The molecule has 0 saturated carbocycles. The van der Waals surface area contributed by atoms with E-state index in [1.54, 1.807) is 17.0 Å². The Labute approximate surface area is 125 Å². The second kappa shape index (κ2) is 6.91. The lowest BCUT2D eigenvalue weighted by Crippen LogP contribution is -2.32. The fourth-order valence-corrected chi connectivity index (χ4v) is 3.29. The number of carbonyl (C=O) groups excluding carboxylic acids is 1. The monoisotopic (exact) mass is 311 g/mol. The van der Waals surface area contributed by atoms with Gasteiger partial charge in [0.2, 0.25) is 10.0 Å². The molecule has 0 radical (unpaired) electrons. The third-order valence-corrected chi connectivity index (χ3v) is 4.83. The molecular formula is C14H21N3O3S. The van der Waals surface area contributed by atoms with E-state index in [-0.39, 0.29) is 10.9 Å². The van der Waals surface area contributed by atoms with Crippen molar-refractivity contribution >= 4 is 21.7 Å². The zero-order valence-electron chi connectivity index (χ0n) is 12.1. The summed E-state index contributed by atoms with van der Waals surface area (Å²) in [7, 11) is -3.46. The summed E-state index contributed by atoms with van der Waals surface area (Å²) in [6, 6.07) is 6.07. The lowest BCUT2D eigenvalue weighted by molar-refractivity contribution is 0.222. The van der Waals surface area contributed by atoms with Gasteiger partial charge < -0.3 is 10.2 Å². The van der Waals surface area contributed by atoms with Gasteiger partial charge in [-0.15, -0.1) is 0 Å². The molecule has 2 rings (SSSR count). The van der Waals surface area contributed by atoms with Gasteiger partial charge in [0.05, 0.1) is 4.90 Å². The number of nitrogens with zero attached hydrogens (tertiary/aromatic N) is 1. The largest absolute Gasteiger partial charge is 0.325 e. The van der Waals surface area contributed by atoms with E-state index in [2.05, 4.69) is 10.0 Å². The van der Waals surface area contributed by atoms with E-state index in [1.807, 2.05) is 6.92 Å². The Hall–Kier alpha value is -1.60. The molecule has 2 N–H and O–H groups in total. The zero-order valence-corrected chi connectivity index (χ0v) is 12.9. The number of sulfonamides is 1. The SMILES string of the molecule is CCCNS(=O)(=O)c1ccc(NC(=O)N2CCCC2)cc1. The van der Waals surface area contributed by atoms with E-state index in [1.165, 1.54) is 12.1 Å². The van der Waals surface area contributed by atoms with Crippen LogP contribution in [0.5, 0.6) is 0 Å². The van der Waals surface area contributed by atoms with Gasteiger partial charge >= 0.3 is 6.03 Å². The molecule has 1 saturated heterocycles. The summed E-state index contributed by atoms with van der Waals surface area (Å²) in [5.41, 5.74) is 0.598. The maximum absolute atomic E-state index is 11.9. The van der Waals surface area contributed by atoms with Crippen molar-refractivity contribution in [2.24, 2.45) is 0 Å². The van der Waals surface area contributed by atoms with Crippen LogP contribution in [0.1, 0.15) is 26.2 Å². The molecule has 116 valence electrons. The van der Waals surface area contributed by atoms with E-state index in [0.29, 0.717) is 12.2 Å². The predicted molar refractivity (Wildman–Crippen MR) is 81.7 cm³/mol. The van der Waals surface area contributed by atoms with Crippen molar-refractivity contribution in [1.82, 2.24) is 9.62 Å². The fraction of sp³-hybridized carbons (Fsp3) is 0.500. The number of anilines is 1. The van der Waals surface area contributed by atoms with Gasteiger partial charge in [0.15, 0.2) is 0 Å². The van der Waals surface area contributed by atoms with Crippen molar-refractivity contribution in [3.05, 3.63) is 24.3 Å². The highest BCUT2D eigenvalue weighted by Gasteiger charge is 2.18. The van der Waals surface area contributed by atoms with Crippen LogP contribution in [0, 0.1) is 0 Å². The number of hydrogen-bond acceptors (Lipinski definition) is 3. The average Bonchev–Trinajstić information content (AvgIpc) is 3.00. The molecule has 1 aliphatic heterocycles. The molecule has 0 atom stereocenters. The summed E-state index contributed by atoms with van der Waals surface area (Å²) in [5, 5.41) is 2.78. The van der Waals surface area contributed by atoms with Crippen LogP contribution >= 0.6 is 0 Å². The van der Waals surface area contributed by atoms with Crippen molar-refractivity contribution in [2.75, 3.05) is 25.0 Å². The number of rotatable bonds is 5. The Morgan fingerprint density at radius 3 is 2.38 bits per heavy atom. The van der Waals surface area contributed by atoms with Gasteiger partial charge in [0.25, 0.3) is 0 Å². The smallest absolute Gasteiger partial charge is 0.321 e. The van der Waals surface area contributed by atoms with Crippen molar-refractivity contribution < 1.29 is 13.2 Å². The van der Waals surface area contributed by atoms with Gasteiger partial charge in [-0.25, -0.2) is 17.9 Å². The van der Waals surface area contributed by atoms with Crippen LogP contribution in [0.3, 0.4) is 0 Å². The highest BCUT2D eigenvalue weighted by atomic mass is 32.2. The van der Waals surface area contributed by atoms with E-state index in [4.69, 9.17) is 0 Å². The summed E-state index contributed by atoms with van der Waals surface area (Å²) in [5.74, 6) is 0. The second-order valence-corrected chi connectivity index (χ2v) is 6.81. The predicted octanol–water partition coefficient (Wildman–Crippen LogP) is 2.00. The Morgan fingerprint density at radius 1 is 1.19 bits per heavy atom. The van der Waals surface area contributed by atoms with Crippen LogP contribution in [-0.4, -0.2) is 39.0 Å². The normalized spacial score (nSPS) is 15.2. The third kappa shape index (κ3) is 4.18. The Balaban J connectivity index is 2.00. The summed E-state index contributed by atoms with van der Waals surface area (Å²) < 4.78 is 26.4. The van der Waals surface area contributed by atoms with E-state index >= 15 is 0 Å². The van der Waals surface area contributed by atoms with Gasteiger partial charge in [-0.2, -0.15) is 0 Å². The number of likely N-dealkylation sites (tertiary alicyclic amines) is 1. The second-order valence-electron chi connectivity index (χ2n) is 5.05. The molecule has 6 nitrogen and oxygen atoms in total. The molecule has 1 heterocycles. The fourth-order valence-electron chi connectivity index (χ4n) is 2.16. The minimum Gasteiger partial charge on any atom is -0.325 e. The van der Waals surface area contributed by atoms with Crippen LogP contribution < -0.4 is 10.0 Å². The van der Waals surface area contributed by atoms with Crippen LogP contribution in [0.25, 0.3) is 0 Å². The first-order chi connectivity index (χ1) is 10.0. The van der Waals surface area contributed by atoms with Gasteiger partial charge in [0, 0.05) is 25.3 Å². The molecule has 21 heavy (non-hydrogen) atoms. The molecule has 1 aliphatic rings. The Kier molecular flexibility index (Phi) is 5.19. The number of carbonyl (C=O) groups is 1. The van der Waals surface area contributed by atoms with Crippen LogP contribution in [0.2, 0.25) is 0 Å². The molecule has 7 heteroatoms. The number of hydrogen-bond donors (Lipinski definition) is 2. The van der Waals surface area contributed by atoms with Gasteiger partial charge in [-0.3, -0.25) is 0 Å². The van der Waals surface area contributed by atoms with Crippen LogP contribution in [0.4, 0.5) is 10.5 Å². The zero-order chi connectivity index (χ0) is 15.3. The standard InChI is InChI=1S/C14H21N3O3S/c1-2-9-15-21(19,20)13-7-5-12(6-8-13)16-14(18)17-10-3-4-11-17/h5-8,15H,2-4,9-11H2,1H3,(H,16,18). The Bertz CT molecular complexity index is 578. The van der Waals surface area contributed by atoms with E-state index in [9.17, 15) is 13.2 Å². The van der Waals surface area contributed by atoms with Gasteiger partial charge in [-0.1, -0.05) is 6.92 Å². The molecule has 1 aromatic carbocycles. The summed E-state index contributed by atoms with van der Waals surface area (Å²) in [6.45, 7) is 3.87. The first-order valence-electron chi connectivity index (χ1n) is 7.18. The number of nitrogens with one attached hydrogen (secondary N) is 2. The molecule has 2 amide bonds. The molecular weight excluding hydrogens is 290 g/mol. The molecule has 0 bridgehead atoms. The maximum Gasteiger partial charge on any atom is 0.321 e. The molecule has 1 aromatic rings. The van der Waals surface area contributed by atoms with Crippen molar-refractivity contribution in [1.29, 1.82) is 0 Å². The minimum atomic E-state index is -3.46. The highest BCUT2D eigenvalue weighted by molar-refractivity contribution is 7.89. The molecule has 0 aromatic heterocycles. The lowest BCUT2D eigenvalue weighted by atomic mass is 10.3. The molecule has 1 fully saturated rings. The van der Waals surface area contributed by atoms with E-state index < -0.39 is 10.0 Å². The lowest BCUT2D eigenvalue weighted by Gasteiger charge is -2.16. The number of amides is 2. The van der Waals surface area contributed by atoms with Gasteiger partial charge in [-0.05, 0) is 43.5 Å². The first-order valence-corrected chi connectivity index (χ1v) is 8.67. The number of urea groups is 1. The highest BCUT2D eigenvalue weighted by Crippen LogP contribution is 2.16. The van der Waals surface area contributed by atoms with Crippen molar-refractivity contribution in [3.8, 4) is 0 Å². The Morgan fingerprint density at radius 2 is 1.81 bits per heavy atom. The van der Waals surface area contributed by atoms with Gasteiger partial charge in [0.1, 0.15) is 0 Å².